The van der Waals surface area contributed by atoms with Crippen molar-refractivity contribution in [1.82, 2.24) is 20.0 Å². The molecule has 0 aromatic carbocycles. The molecule has 0 unspecified atom stereocenters. The molecule has 0 bridgehead atoms. The van der Waals surface area contributed by atoms with E-state index in [9.17, 15) is 9.90 Å². The monoisotopic (exact) mass is 276 g/mol. The number of esters is 1. The number of carbonyl (C=O) groups excluding carboxylic acids is 1. The van der Waals surface area contributed by atoms with E-state index >= 15 is 0 Å². The largest absolute Gasteiger partial charge is 0.425 e. The zero-order valence-electron chi connectivity index (χ0n) is 11.6. The minimum absolute atomic E-state index is 0.173. The fourth-order valence-electron chi connectivity index (χ4n) is 1.87. The van der Waals surface area contributed by atoms with Crippen molar-refractivity contribution in [2.45, 2.75) is 26.9 Å². The first-order valence-corrected chi connectivity index (χ1v) is 6.25. The summed E-state index contributed by atoms with van der Waals surface area (Å²) in [5, 5.41) is 17.2. The van der Waals surface area contributed by atoms with Crippen LogP contribution < -0.4 is 4.74 Å². The van der Waals surface area contributed by atoms with Crippen LogP contribution in [-0.4, -0.2) is 31.1 Å². The van der Waals surface area contributed by atoms with Gasteiger partial charge < -0.3 is 9.84 Å². The van der Waals surface area contributed by atoms with Gasteiger partial charge in [-0.15, -0.1) is 5.10 Å². The van der Waals surface area contributed by atoms with Gasteiger partial charge in [0.15, 0.2) is 5.75 Å². The molecule has 0 aliphatic carbocycles. The van der Waals surface area contributed by atoms with Crippen LogP contribution in [0.1, 0.15) is 25.2 Å². The zero-order chi connectivity index (χ0) is 14.7. The van der Waals surface area contributed by atoms with Gasteiger partial charge in [-0.1, -0.05) is 12.1 Å². The molecule has 0 spiro atoms. The lowest BCUT2D eigenvalue weighted by Gasteiger charge is -2.08. The molecule has 0 aliphatic rings. The summed E-state index contributed by atoms with van der Waals surface area (Å²) < 4.78 is 6.60. The lowest BCUT2D eigenvalue weighted by atomic mass is 10.2. The molecule has 2 aromatic heterocycles. The highest BCUT2D eigenvalue weighted by molar-refractivity contribution is 5.70. The van der Waals surface area contributed by atoms with Gasteiger partial charge in [0.2, 0.25) is 0 Å². The highest BCUT2D eigenvalue weighted by Crippen LogP contribution is 2.24. The highest BCUT2D eigenvalue weighted by atomic mass is 16.5. The standard InChI is InChI=1S/C13H16N4O3/c1-4-9-12(20-8(2)19)6-5-10(14-9)13-11(7-18)17(3)16-15-13/h5-6,18H,4,7H2,1-3H3. The predicted octanol–water partition coefficient (Wildman–Crippen LogP) is 0.857. The lowest BCUT2D eigenvalue weighted by molar-refractivity contribution is -0.131. The second-order valence-electron chi connectivity index (χ2n) is 4.25. The molecule has 2 heterocycles. The Morgan fingerprint density at radius 3 is 2.80 bits per heavy atom. The van der Waals surface area contributed by atoms with Crippen molar-refractivity contribution in [3.8, 4) is 17.1 Å². The van der Waals surface area contributed by atoms with Gasteiger partial charge >= 0.3 is 5.97 Å². The van der Waals surface area contributed by atoms with Gasteiger partial charge in [0, 0.05) is 14.0 Å². The fraction of sp³-hybridized carbons (Fsp3) is 0.385. The molecule has 1 N–H and O–H groups in total. The summed E-state index contributed by atoms with van der Waals surface area (Å²) in [6.45, 7) is 3.09. The molecule has 0 aliphatic heterocycles. The molecule has 7 nitrogen and oxygen atoms in total. The molecule has 0 fully saturated rings. The maximum Gasteiger partial charge on any atom is 0.308 e. The molecule has 0 radical (unpaired) electrons. The molecule has 0 atom stereocenters. The van der Waals surface area contributed by atoms with Crippen LogP contribution in [0.15, 0.2) is 12.1 Å². The van der Waals surface area contributed by atoms with E-state index in [0.717, 1.165) is 0 Å². The summed E-state index contributed by atoms with van der Waals surface area (Å²) in [4.78, 5) is 15.5. The summed E-state index contributed by atoms with van der Waals surface area (Å²) in [5.41, 5.74) is 2.36. The van der Waals surface area contributed by atoms with Crippen molar-refractivity contribution in [2.75, 3.05) is 0 Å². The highest BCUT2D eigenvalue weighted by Gasteiger charge is 2.15. The molecule has 0 saturated heterocycles. The van der Waals surface area contributed by atoms with E-state index < -0.39 is 0 Å². The molecular weight excluding hydrogens is 260 g/mol. The smallest absolute Gasteiger partial charge is 0.308 e. The van der Waals surface area contributed by atoms with Crippen LogP contribution in [0.3, 0.4) is 0 Å². The third kappa shape index (κ3) is 2.67. The van der Waals surface area contributed by atoms with Crippen LogP contribution in [0.2, 0.25) is 0 Å². The van der Waals surface area contributed by atoms with Crippen molar-refractivity contribution in [1.29, 1.82) is 0 Å². The van der Waals surface area contributed by atoms with E-state index in [4.69, 9.17) is 4.74 Å². The number of nitrogens with zero attached hydrogens (tertiary/aromatic N) is 4. The summed E-state index contributed by atoms with van der Waals surface area (Å²) >= 11 is 0. The van der Waals surface area contributed by atoms with Crippen LogP contribution in [0.5, 0.6) is 5.75 Å². The number of aryl methyl sites for hydroxylation is 2. The first-order valence-electron chi connectivity index (χ1n) is 6.25. The first-order chi connectivity index (χ1) is 9.56. The summed E-state index contributed by atoms with van der Waals surface area (Å²) in [5.74, 6) is 0.0583. The SMILES string of the molecule is CCc1nc(-c2nnn(C)c2CO)ccc1OC(C)=O. The van der Waals surface area contributed by atoms with Crippen molar-refractivity contribution >= 4 is 5.97 Å². The summed E-state index contributed by atoms with van der Waals surface area (Å²) in [6, 6.07) is 3.37. The average Bonchev–Trinajstić information content (AvgIpc) is 2.79. The summed E-state index contributed by atoms with van der Waals surface area (Å²) in [6.07, 6.45) is 0.616. The van der Waals surface area contributed by atoms with E-state index in [-0.39, 0.29) is 12.6 Å². The Hall–Kier alpha value is -2.28. The van der Waals surface area contributed by atoms with Crippen molar-refractivity contribution in [3.63, 3.8) is 0 Å². The first kappa shape index (κ1) is 14.1. The minimum atomic E-state index is -0.384. The second-order valence-corrected chi connectivity index (χ2v) is 4.25. The van der Waals surface area contributed by atoms with Crippen LogP contribution in [0, 0.1) is 0 Å². The number of hydrogen-bond donors (Lipinski definition) is 1. The van der Waals surface area contributed by atoms with Gasteiger partial charge in [-0.05, 0) is 18.6 Å². The molecule has 20 heavy (non-hydrogen) atoms. The van der Waals surface area contributed by atoms with Crippen molar-refractivity contribution in [3.05, 3.63) is 23.5 Å². The second kappa shape index (κ2) is 5.79. The number of hydrogen-bond acceptors (Lipinski definition) is 6. The molecule has 0 saturated carbocycles. The number of pyridine rings is 1. The van der Waals surface area contributed by atoms with Gasteiger partial charge in [0.1, 0.15) is 5.69 Å². The zero-order valence-corrected chi connectivity index (χ0v) is 11.6. The maximum atomic E-state index is 11.0. The van der Waals surface area contributed by atoms with E-state index in [0.29, 0.717) is 34.9 Å². The number of ether oxygens (including phenoxy) is 1. The minimum Gasteiger partial charge on any atom is -0.425 e. The van der Waals surface area contributed by atoms with Crippen LogP contribution in [0.25, 0.3) is 11.4 Å². The van der Waals surface area contributed by atoms with E-state index in [2.05, 4.69) is 15.3 Å². The van der Waals surface area contributed by atoms with E-state index in [1.807, 2.05) is 6.92 Å². The molecular formula is C13H16N4O3. The molecule has 7 heteroatoms. The maximum absolute atomic E-state index is 11.0. The van der Waals surface area contributed by atoms with Gasteiger partial charge in [-0.3, -0.25) is 4.79 Å². The molecule has 0 amide bonds. The van der Waals surface area contributed by atoms with E-state index in [1.54, 1.807) is 19.2 Å². The van der Waals surface area contributed by atoms with Crippen LogP contribution in [-0.2, 0) is 24.9 Å². The quantitative estimate of drug-likeness (QED) is 0.833. The van der Waals surface area contributed by atoms with Crippen LogP contribution >= 0.6 is 0 Å². The van der Waals surface area contributed by atoms with E-state index in [1.165, 1.54) is 11.6 Å². The topological polar surface area (TPSA) is 90.1 Å². The van der Waals surface area contributed by atoms with Gasteiger partial charge in [0.05, 0.1) is 23.7 Å². The number of carbonyl (C=O) groups is 1. The Morgan fingerprint density at radius 1 is 1.45 bits per heavy atom. The Labute approximate surface area is 116 Å². The number of aromatic nitrogens is 4. The average molecular weight is 276 g/mol. The van der Waals surface area contributed by atoms with Crippen LogP contribution in [0.4, 0.5) is 0 Å². The Bertz CT molecular complexity index is 637. The van der Waals surface area contributed by atoms with Crippen molar-refractivity contribution in [2.24, 2.45) is 7.05 Å². The lowest BCUT2D eigenvalue weighted by Crippen LogP contribution is -2.06. The van der Waals surface area contributed by atoms with Gasteiger partial charge in [-0.25, -0.2) is 9.67 Å². The Kier molecular flexibility index (Phi) is 4.09. The fourth-order valence-corrected chi connectivity index (χ4v) is 1.87. The van der Waals surface area contributed by atoms with Gasteiger partial charge in [0.25, 0.3) is 0 Å². The molecule has 2 rings (SSSR count). The third-order valence-corrected chi connectivity index (χ3v) is 2.86. The predicted molar refractivity (Wildman–Crippen MR) is 70.8 cm³/mol. The Morgan fingerprint density at radius 2 is 2.20 bits per heavy atom. The third-order valence-electron chi connectivity index (χ3n) is 2.86. The normalized spacial score (nSPS) is 10.6. The number of rotatable bonds is 4. The molecule has 2 aromatic rings. The van der Waals surface area contributed by atoms with Crippen molar-refractivity contribution < 1.29 is 14.6 Å². The number of aliphatic hydroxyl groups excluding tert-OH is 1. The summed E-state index contributed by atoms with van der Waals surface area (Å²) in [7, 11) is 1.70. The molecule has 106 valence electrons. The van der Waals surface area contributed by atoms with Gasteiger partial charge in [-0.2, -0.15) is 0 Å². The Balaban J connectivity index is 2.45. The number of aliphatic hydroxyl groups is 1.